The Morgan fingerprint density at radius 3 is 1.36 bits per heavy atom. The molecule has 0 radical (unpaired) electrons. The van der Waals surface area contributed by atoms with Crippen molar-refractivity contribution in [2.75, 3.05) is 0 Å². The van der Waals surface area contributed by atoms with Crippen LogP contribution < -0.4 is 22.1 Å². The summed E-state index contributed by atoms with van der Waals surface area (Å²) >= 11 is 0. The van der Waals surface area contributed by atoms with Crippen molar-refractivity contribution in [2.24, 2.45) is 21.8 Å². The van der Waals surface area contributed by atoms with Crippen molar-refractivity contribution in [1.82, 2.24) is 10.6 Å². The number of carbonyl (C=O) groups excluding carboxylic acids is 2. The van der Waals surface area contributed by atoms with Gasteiger partial charge in [-0.25, -0.2) is 9.59 Å². The first-order valence-corrected chi connectivity index (χ1v) is 3.08. The number of nitrogens with zero attached hydrogens (tertiary/aromatic N) is 2. The lowest BCUT2D eigenvalue weighted by Gasteiger charge is -2.05. The average Bonchev–Trinajstić information content (AvgIpc) is 2.10. The number of hydrogen-bond acceptors (Lipinski definition) is 6. The quantitative estimate of drug-likeness (QED) is 0.115. The molecule has 0 saturated carbocycles. The molecule has 0 saturated heterocycles. The van der Waals surface area contributed by atoms with Crippen LogP contribution in [-0.2, 0) is 0 Å². The molecule has 0 rings (SSSR count). The highest BCUT2D eigenvalue weighted by atomic mass is 16.4. The van der Waals surface area contributed by atoms with Crippen LogP contribution in [0.15, 0.2) is 10.3 Å². The van der Waals surface area contributed by atoms with E-state index in [-0.39, 0.29) is 0 Å². The second-order valence-electron chi connectivity index (χ2n) is 1.88. The topological polar surface area (TPSA) is 175 Å². The van der Waals surface area contributed by atoms with Gasteiger partial charge < -0.3 is 21.9 Å². The lowest BCUT2D eigenvalue weighted by molar-refractivity contribution is 0.250. The van der Waals surface area contributed by atoms with Gasteiger partial charge in [0.05, 0.1) is 0 Å². The van der Waals surface area contributed by atoms with Gasteiger partial charge in [-0.15, -0.1) is 0 Å². The monoisotopic (exact) mass is 204 g/mol. The molecule has 0 fully saturated rings. The maximum Gasteiger partial charge on any atom is 0.317 e. The molecular formula is C4H8N6O4. The molecule has 14 heavy (non-hydrogen) atoms. The summed E-state index contributed by atoms with van der Waals surface area (Å²) in [6, 6.07) is -2.16. The number of rotatable bonds is 0. The van der Waals surface area contributed by atoms with Crippen LogP contribution in [0.5, 0.6) is 0 Å². The van der Waals surface area contributed by atoms with E-state index in [0.717, 1.165) is 0 Å². The molecule has 10 heteroatoms. The highest BCUT2D eigenvalue weighted by Gasteiger charge is 2.14. The molecule has 0 aliphatic heterocycles. The average molecular weight is 204 g/mol. The van der Waals surface area contributed by atoms with E-state index in [0.29, 0.717) is 0 Å². The molecular weight excluding hydrogens is 196 g/mol. The summed E-state index contributed by atoms with van der Waals surface area (Å²) in [5, 5.41) is 25.2. The Labute approximate surface area is 77.2 Å². The van der Waals surface area contributed by atoms with Crippen molar-refractivity contribution in [3.63, 3.8) is 0 Å². The van der Waals surface area contributed by atoms with Gasteiger partial charge in [0.15, 0.2) is 0 Å². The van der Waals surface area contributed by atoms with Gasteiger partial charge in [0.2, 0.25) is 11.7 Å². The minimum atomic E-state index is -1.08. The van der Waals surface area contributed by atoms with E-state index in [4.69, 9.17) is 10.4 Å². The zero-order valence-electron chi connectivity index (χ0n) is 6.76. The van der Waals surface area contributed by atoms with E-state index in [1.54, 1.807) is 10.6 Å². The van der Waals surface area contributed by atoms with Crippen molar-refractivity contribution in [3.05, 3.63) is 0 Å². The molecule has 0 bridgehead atoms. The Hall–Kier alpha value is -2.52. The number of carbonyl (C=O) groups is 2. The van der Waals surface area contributed by atoms with Gasteiger partial charge in [-0.3, -0.25) is 10.6 Å². The van der Waals surface area contributed by atoms with Crippen LogP contribution in [-0.4, -0.2) is 34.1 Å². The van der Waals surface area contributed by atoms with Gasteiger partial charge in [0.25, 0.3) is 0 Å². The second kappa shape index (κ2) is 5.18. The van der Waals surface area contributed by atoms with Gasteiger partial charge in [-0.05, 0) is 0 Å². The van der Waals surface area contributed by atoms with E-state index in [2.05, 4.69) is 21.8 Å². The van der Waals surface area contributed by atoms with Crippen molar-refractivity contribution in [3.8, 4) is 0 Å². The number of oxime groups is 2. The molecule has 0 heterocycles. The van der Waals surface area contributed by atoms with Gasteiger partial charge in [-0.2, -0.15) is 0 Å². The number of urea groups is 2. The van der Waals surface area contributed by atoms with Crippen LogP contribution in [0, 0.1) is 0 Å². The third-order valence-electron chi connectivity index (χ3n) is 0.908. The molecule has 4 amide bonds. The predicted octanol–water partition coefficient (Wildman–Crippen LogP) is -2.10. The van der Waals surface area contributed by atoms with E-state index >= 15 is 0 Å². The Kier molecular flexibility index (Phi) is 4.25. The van der Waals surface area contributed by atoms with E-state index in [1.165, 1.54) is 0 Å². The number of nitrogens with two attached hydrogens (primary N) is 2. The second-order valence-corrected chi connectivity index (χ2v) is 1.88. The zero-order chi connectivity index (χ0) is 11.1. The molecule has 78 valence electrons. The highest BCUT2D eigenvalue weighted by Crippen LogP contribution is 1.77. The van der Waals surface area contributed by atoms with Gasteiger partial charge >= 0.3 is 12.1 Å². The largest absolute Gasteiger partial charge is 0.409 e. The third kappa shape index (κ3) is 3.75. The Balaban J connectivity index is 4.65. The Morgan fingerprint density at radius 1 is 0.929 bits per heavy atom. The van der Waals surface area contributed by atoms with Crippen LogP contribution in [0.4, 0.5) is 9.59 Å². The minimum Gasteiger partial charge on any atom is -0.409 e. The lowest BCUT2D eigenvalue weighted by Crippen LogP contribution is -2.48. The maximum atomic E-state index is 10.3. The molecule has 0 aliphatic carbocycles. The van der Waals surface area contributed by atoms with E-state index in [9.17, 15) is 9.59 Å². The smallest absolute Gasteiger partial charge is 0.317 e. The first-order chi connectivity index (χ1) is 6.51. The van der Waals surface area contributed by atoms with Crippen LogP contribution in [0.3, 0.4) is 0 Å². The molecule has 0 aromatic rings. The van der Waals surface area contributed by atoms with Crippen molar-refractivity contribution in [1.29, 1.82) is 0 Å². The van der Waals surface area contributed by atoms with Gasteiger partial charge in [0, 0.05) is 0 Å². The van der Waals surface area contributed by atoms with Crippen LogP contribution in [0.2, 0.25) is 0 Å². The van der Waals surface area contributed by atoms with Crippen LogP contribution in [0.1, 0.15) is 0 Å². The summed E-state index contributed by atoms with van der Waals surface area (Å²) in [6.45, 7) is 0. The SMILES string of the molecule is NC(=O)NC(=NO)C(=NO)NC(N)=O. The zero-order valence-corrected chi connectivity index (χ0v) is 6.76. The maximum absolute atomic E-state index is 10.3. The van der Waals surface area contributed by atoms with Crippen molar-refractivity contribution < 1.29 is 20.0 Å². The fourth-order valence-corrected chi connectivity index (χ4v) is 0.497. The highest BCUT2D eigenvalue weighted by molar-refractivity contribution is 6.44. The standard InChI is InChI=1S/C4H8N6O4/c5-3(11)7-1(9-13)2(10-14)8-4(6)12/h13-14H,(H3,5,7,9,11)(H3,6,8,10,12). The van der Waals surface area contributed by atoms with Gasteiger partial charge in [-0.1, -0.05) is 10.3 Å². The molecule has 0 atom stereocenters. The Morgan fingerprint density at radius 2 is 1.21 bits per heavy atom. The molecule has 10 nitrogen and oxygen atoms in total. The third-order valence-corrected chi connectivity index (χ3v) is 0.908. The predicted molar refractivity (Wildman–Crippen MR) is 43.9 cm³/mol. The van der Waals surface area contributed by atoms with E-state index < -0.39 is 23.7 Å². The number of amidine groups is 2. The summed E-state index contributed by atoms with van der Waals surface area (Å²) in [5.74, 6) is -1.31. The fourth-order valence-electron chi connectivity index (χ4n) is 0.497. The summed E-state index contributed by atoms with van der Waals surface area (Å²) in [7, 11) is 0. The number of hydrogen-bond donors (Lipinski definition) is 6. The number of amides is 4. The molecule has 0 spiro atoms. The van der Waals surface area contributed by atoms with Crippen LogP contribution in [0.25, 0.3) is 0 Å². The summed E-state index contributed by atoms with van der Waals surface area (Å²) in [6.07, 6.45) is 0. The molecule has 8 N–H and O–H groups in total. The van der Waals surface area contributed by atoms with Crippen molar-refractivity contribution >= 4 is 23.7 Å². The van der Waals surface area contributed by atoms with Gasteiger partial charge in [0.1, 0.15) is 0 Å². The molecule has 0 aromatic carbocycles. The molecule has 0 aliphatic rings. The molecule has 0 unspecified atom stereocenters. The molecule has 0 aromatic heterocycles. The summed E-state index contributed by atoms with van der Waals surface area (Å²) < 4.78 is 0. The fraction of sp³-hybridized carbons (Fsp3) is 0. The summed E-state index contributed by atoms with van der Waals surface area (Å²) in [5.41, 5.74) is 9.34. The van der Waals surface area contributed by atoms with Crippen molar-refractivity contribution in [2.45, 2.75) is 0 Å². The summed E-state index contributed by atoms with van der Waals surface area (Å²) in [4.78, 5) is 20.6. The lowest BCUT2D eigenvalue weighted by atomic mass is 10.5. The number of nitrogens with one attached hydrogen (secondary N) is 2. The normalized spacial score (nSPS) is 12.0. The van der Waals surface area contributed by atoms with E-state index in [1.807, 2.05) is 0 Å². The first kappa shape index (κ1) is 11.5. The Bertz CT molecular complexity index is 266. The first-order valence-electron chi connectivity index (χ1n) is 3.08. The van der Waals surface area contributed by atoms with Crippen LogP contribution >= 0.6 is 0 Å². The number of primary amides is 2. The minimum absolute atomic E-state index is 0.654.